The van der Waals surface area contributed by atoms with Crippen LogP contribution in [-0.2, 0) is 6.42 Å². The number of aromatic nitrogens is 1. The van der Waals surface area contributed by atoms with Gasteiger partial charge in [0.2, 0.25) is 0 Å². The van der Waals surface area contributed by atoms with Crippen molar-refractivity contribution >= 4 is 22.9 Å². The first-order valence-electron chi connectivity index (χ1n) is 4.99. The van der Waals surface area contributed by atoms with Gasteiger partial charge in [0.05, 0.1) is 11.6 Å². The number of hydrogen-bond donors (Lipinski definition) is 2. The van der Waals surface area contributed by atoms with Crippen molar-refractivity contribution in [3.05, 3.63) is 51.2 Å². The average molecular weight is 272 g/mol. The van der Waals surface area contributed by atoms with Crippen molar-refractivity contribution in [3.63, 3.8) is 0 Å². The number of rotatable bonds is 4. The summed E-state index contributed by atoms with van der Waals surface area (Å²) >= 11 is 7.51. The highest BCUT2D eigenvalue weighted by Gasteiger charge is 2.14. The molecule has 3 nitrogen and oxygen atoms in total. The summed E-state index contributed by atoms with van der Waals surface area (Å²) in [5.74, 6) is 5.19. The van der Waals surface area contributed by atoms with Crippen LogP contribution in [0.1, 0.15) is 16.5 Å². The van der Waals surface area contributed by atoms with Crippen LogP contribution in [-0.4, -0.2) is 4.98 Å². The quantitative estimate of drug-likeness (QED) is 0.664. The molecule has 0 saturated heterocycles. The molecule has 0 spiro atoms. The SMILES string of the molecule is NNC(Cc1cc(F)ccc1Cl)c1cncs1. The van der Waals surface area contributed by atoms with Crippen molar-refractivity contribution in [1.82, 2.24) is 10.4 Å². The number of nitrogens with one attached hydrogen (secondary N) is 1. The van der Waals surface area contributed by atoms with E-state index in [0.29, 0.717) is 11.4 Å². The predicted molar refractivity (Wildman–Crippen MR) is 67.3 cm³/mol. The first-order chi connectivity index (χ1) is 8.20. The molecule has 6 heteroatoms. The molecule has 1 atom stereocenters. The fourth-order valence-corrected chi connectivity index (χ4v) is 2.43. The van der Waals surface area contributed by atoms with Crippen molar-refractivity contribution in [2.24, 2.45) is 5.84 Å². The molecule has 17 heavy (non-hydrogen) atoms. The Kier molecular flexibility index (Phi) is 4.06. The molecule has 0 radical (unpaired) electrons. The van der Waals surface area contributed by atoms with E-state index in [1.807, 2.05) is 0 Å². The van der Waals surface area contributed by atoms with Gasteiger partial charge in [0.1, 0.15) is 5.82 Å². The van der Waals surface area contributed by atoms with Crippen molar-refractivity contribution in [1.29, 1.82) is 0 Å². The van der Waals surface area contributed by atoms with Crippen molar-refractivity contribution in [2.75, 3.05) is 0 Å². The van der Waals surface area contributed by atoms with Crippen LogP contribution in [0.25, 0.3) is 0 Å². The number of thiazole rings is 1. The van der Waals surface area contributed by atoms with Gasteiger partial charge in [0.15, 0.2) is 0 Å². The molecule has 3 N–H and O–H groups in total. The second kappa shape index (κ2) is 5.55. The van der Waals surface area contributed by atoms with Crippen molar-refractivity contribution in [3.8, 4) is 0 Å². The number of nitrogens with zero attached hydrogens (tertiary/aromatic N) is 1. The second-order valence-electron chi connectivity index (χ2n) is 3.56. The lowest BCUT2D eigenvalue weighted by atomic mass is 10.1. The van der Waals surface area contributed by atoms with E-state index in [2.05, 4.69) is 10.4 Å². The summed E-state index contributed by atoms with van der Waals surface area (Å²) in [5.41, 5.74) is 5.14. The molecule has 1 aromatic heterocycles. The Morgan fingerprint density at radius 3 is 3.00 bits per heavy atom. The lowest BCUT2D eigenvalue weighted by Crippen LogP contribution is -2.29. The monoisotopic (exact) mass is 271 g/mol. The maximum Gasteiger partial charge on any atom is 0.123 e. The topological polar surface area (TPSA) is 50.9 Å². The van der Waals surface area contributed by atoms with Gasteiger partial charge < -0.3 is 0 Å². The van der Waals surface area contributed by atoms with E-state index in [1.165, 1.54) is 23.5 Å². The number of hydrazine groups is 1. The van der Waals surface area contributed by atoms with Gasteiger partial charge in [0, 0.05) is 16.1 Å². The minimum atomic E-state index is -0.301. The minimum absolute atomic E-state index is 0.109. The molecule has 2 rings (SSSR count). The van der Waals surface area contributed by atoms with E-state index < -0.39 is 0 Å². The molecule has 0 amide bonds. The molecule has 0 bridgehead atoms. The number of benzene rings is 1. The standard InChI is InChI=1S/C11H11ClFN3S/c12-9-2-1-8(13)3-7(9)4-10(16-14)11-5-15-6-17-11/h1-3,5-6,10,16H,4,14H2. The molecule has 0 aliphatic carbocycles. The van der Waals surface area contributed by atoms with E-state index >= 15 is 0 Å². The van der Waals surface area contributed by atoms with Crippen LogP contribution >= 0.6 is 22.9 Å². The summed E-state index contributed by atoms with van der Waals surface area (Å²) in [4.78, 5) is 4.98. The normalized spacial score (nSPS) is 12.6. The molecule has 1 unspecified atom stereocenters. The second-order valence-corrected chi connectivity index (χ2v) is 4.89. The van der Waals surface area contributed by atoms with Gasteiger partial charge in [-0.1, -0.05) is 11.6 Å². The van der Waals surface area contributed by atoms with Gasteiger partial charge in [-0.3, -0.25) is 16.3 Å². The van der Waals surface area contributed by atoms with Crippen LogP contribution in [0.2, 0.25) is 5.02 Å². The predicted octanol–water partition coefficient (Wildman–Crippen LogP) is 2.68. The van der Waals surface area contributed by atoms with Crippen LogP contribution in [0.15, 0.2) is 29.9 Å². The fraction of sp³-hybridized carbons (Fsp3) is 0.182. The third kappa shape index (κ3) is 3.01. The van der Waals surface area contributed by atoms with Crippen LogP contribution in [0, 0.1) is 5.82 Å². The Labute approximate surface area is 107 Å². The zero-order valence-corrected chi connectivity index (χ0v) is 10.4. The average Bonchev–Trinajstić information content (AvgIpc) is 2.84. The van der Waals surface area contributed by atoms with Gasteiger partial charge in [-0.05, 0) is 30.2 Å². The van der Waals surface area contributed by atoms with E-state index in [0.717, 1.165) is 10.4 Å². The highest BCUT2D eigenvalue weighted by molar-refractivity contribution is 7.09. The van der Waals surface area contributed by atoms with Crippen molar-refractivity contribution < 1.29 is 4.39 Å². The molecule has 1 aromatic carbocycles. The molecule has 0 aliphatic rings. The molecular weight excluding hydrogens is 261 g/mol. The van der Waals surface area contributed by atoms with Crippen molar-refractivity contribution in [2.45, 2.75) is 12.5 Å². The smallest absolute Gasteiger partial charge is 0.123 e. The Morgan fingerprint density at radius 1 is 1.53 bits per heavy atom. The van der Waals surface area contributed by atoms with Crippen LogP contribution < -0.4 is 11.3 Å². The molecule has 0 aliphatic heterocycles. The van der Waals surface area contributed by atoms with Gasteiger partial charge in [-0.2, -0.15) is 0 Å². The molecular formula is C11H11ClFN3S. The fourth-order valence-electron chi connectivity index (χ4n) is 1.56. The minimum Gasteiger partial charge on any atom is -0.271 e. The Morgan fingerprint density at radius 2 is 2.35 bits per heavy atom. The highest BCUT2D eigenvalue weighted by atomic mass is 35.5. The number of hydrogen-bond acceptors (Lipinski definition) is 4. The van der Waals surface area contributed by atoms with Crippen LogP contribution in [0.4, 0.5) is 4.39 Å². The maximum absolute atomic E-state index is 13.1. The third-order valence-electron chi connectivity index (χ3n) is 2.43. The first kappa shape index (κ1) is 12.4. The van der Waals surface area contributed by atoms with Gasteiger partial charge in [-0.15, -0.1) is 11.3 Å². The highest BCUT2D eigenvalue weighted by Crippen LogP contribution is 2.25. The molecule has 1 heterocycles. The van der Waals surface area contributed by atoms with Crippen LogP contribution in [0.3, 0.4) is 0 Å². The zero-order valence-electron chi connectivity index (χ0n) is 8.86. The lowest BCUT2D eigenvalue weighted by molar-refractivity contribution is 0.556. The molecule has 2 aromatic rings. The van der Waals surface area contributed by atoms with E-state index in [-0.39, 0.29) is 11.9 Å². The van der Waals surface area contributed by atoms with E-state index in [9.17, 15) is 4.39 Å². The Balaban J connectivity index is 2.21. The van der Waals surface area contributed by atoms with E-state index in [1.54, 1.807) is 17.8 Å². The molecule has 0 saturated carbocycles. The Bertz CT molecular complexity index is 489. The summed E-state index contributed by atoms with van der Waals surface area (Å²) in [5, 5.41) is 0.538. The molecule has 0 fully saturated rings. The lowest BCUT2D eigenvalue weighted by Gasteiger charge is -2.14. The van der Waals surface area contributed by atoms with E-state index in [4.69, 9.17) is 17.4 Å². The summed E-state index contributed by atoms with van der Waals surface area (Å²) < 4.78 is 13.1. The number of nitrogens with two attached hydrogens (primary N) is 1. The zero-order chi connectivity index (χ0) is 12.3. The summed E-state index contributed by atoms with van der Waals surface area (Å²) in [6.45, 7) is 0. The first-order valence-corrected chi connectivity index (χ1v) is 6.25. The van der Waals surface area contributed by atoms with Gasteiger partial charge in [-0.25, -0.2) is 4.39 Å². The van der Waals surface area contributed by atoms with Gasteiger partial charge in [0.25, 0.3) is 0 Å². The molecule has 90 valence electrons. The van der Waals surface area contributed by atoms with Crippen LogP contribution in [0.5, 0.6) is 0 Å². The number of halogens is 2. The third-order valence-corrected chi connectivity index (χ3v) is 3.69. The largest absolute Gasteiger partial charge is 0.271 e. The Hall–Kier alpha value is -1.01. The maximum atomic E-state index is 13.1. The summed E-state index contributed by atoms with van der Waals surface area (Å²) in [6.07, 6.45) is 2.26. The summed E-state index contributed by atoms with van der Waals surface area (Å²) in [6, 6.07) is 4.20. The van der Waals surface area contributed by atoms with Gasteiger partial charge >= 0.3 is 0 Å². The summed E-state index contributed by atoms with van der Waals surface area (Å²) in [7, 11) is 0.